The lowest BCUT2D eigenvalue weighted by atomic mass is 10.1. The maximum Gasteiger partial charge on any atom is 0.162 e. The number of rotatable bonds is 4. The van der Waals surface area contributed by atoms with Crippen molar-refractivity contribution >= 4 is 5.78 Å². The standard InChI is InChI=1S/C14H15FN2O/c1-3-5-13-16-8-9-17(13)14-11(10(2)18)6-4-7-12(14)15/h4,6-9H,3,5H2,1-2H3. The summed E-state index contributed by atoms with van der Waals surface area (Å²) in [5.41, 5.74) is 0.677. The fourth-order valence-corrected chi connectivity index (χ4v) is 1.99. The molecule has 0 aliphatic heterocycles. The van der Waals surface area contributed by atoms with Gasteiger partial charge >= 0.3 is 0 Å². The fraction of sp³-hybridized carbons (Fsp3) is 0.286. The Morgan fingerprint density at radius 2 is 2.22 bits per heavy atom. The van der Waals surface area contributed by atoms with Crippen molar-refractivity contribution in [2.75, 3.05) is 0 Å². The zero-order valence-corrected chi connectivity index (χ0v) is 10.5. The van der Waals surface area contributed by atoms with E-state index < -0.39 is 5.82 Å². The van der Waals surface area contributed by atoms with Crippen molar-refractivity contribution in [3.63, 3.8) is 0 Å². The van der Waals surface area contributed by atoms with Crippen LogP contribution in [0.4, 0.5) is 4.39 Å². The van der Waals surface area contributed by atoms with Gasteiger partial charge in [-0.15, -0.1) is 0 Å². The first-order valence-electron chi connectivity index (χ1n) is 5.97. The second-order valence-corrected chi connectivity index (χ2v) is 4.16. The van der Waals surface area contributed by atoms with E-state index in [0.717, 1.165) is 18.7 Å². The quantitative estimate of drug-likeness (QED) is 0.777. The number of aryl methyl sites for hydroxylation is 1. The van der Waals surface area contributed by atoms with E-state index in [1.165, 1.54) is 13.0 Å². The molecule has 94 valence electrons. The predicted molar refractivity (Wildman–Crippen MR) is 67.5 cm³/mol. The van der Waals surface area contributed by atoms with Gasteiger partial charge in [-0.3, -0.25) is 4.79 Å². The molecule has 18 heavy (non-hydrogen) atoms. The molecule has 3 nitrogen and oxygen atoms in total. The molecule has 0 unspecified atom stereocenters. The Morgan fingerprint density at radius 1 is 1.44 bits per heavy atom. The lowest BCUT2D eigenvalue weighted by Gasteiger charge is -2.12. The van der Waals surface area contributed by atoms with Crippen LogP contribution in [-0.4, -0.2) is 15.3 Å². The SMILES string of the molecule is CCCc1nccn1-c1c(F)cccc1C(C)=O. The van der Waals surface area contributed by atoms with E-state index in [9.17, 15) is 9.18 Å². The summed E-state index contributed by atoms with van der Waals surface area (Å²) in [4.78, 5) is 15.8. The molecule has 1 heterocycles. The number of halogens is 1. The fourth-order valence-electron chi connectivity index (χ4n) is 1.99. The Balaban J connectivity index is 2.62. The molecule has 0 radical (unpaired) electrons. The summed E-state index contributed by atoms with van der Waals surface area (Å²) in [6.07, 6.45) is 4.98. The van der Waals surface area contributed by atoms with Crippen LogP contribution in [0.5, 0.6) is 0 Å². The monoisotopic (exact) mass is 246 g/mol. The van der Waals surface area contributed by atoms with Crippen LogP contribution in [0.15, 0.2) is 30.6 Å². The number of imidazole rings is 1. The van der Waals surface area contributed by atoms with Gasteiger partial charge in [0.15, 0.2) is 5.78 Å². The minimum Gasteiger partial charge on any atom is -0.300 e. The van der Waals surface area contributed by atoms with Crippen molar-refractivity contribution in [3.05, 3.63) is 47.8 Å². The van der Waals surface area contributed by atoms with Gasteiger partial charge in [-0.05, 0) is 25.5 Å². The summed E-state index contributed by atoms with van der Waals surface area (Å²) in [6.45, 7) is 3.47. The molecule has 0 amide bonds. The maximum absolute atomic E-state index is 14.0. The first-order chi connectivity index (χ1) is 8.65. The highest BCUT2D eigenvalue weighted by Crippen LogP contribution is 2.21. The van der Waals surface area contributed by atoms with E-state index in [4.69, 9.17) is 0 Å². The van der Waals surface area contributed by atoms with Crippen LogP contribution >= 0.6 is 0 Å². The summed E-state index contributed by atoms with van der Waals surface area (Å²) in [5, 5.41) is 0. The summed E-state index contributed by atoms with van der Waals surface area (Å²) >= 11 is 0. The molecule has 2 aromatic rings. The van der Waals surface area contributed by atoms with Gasteiger partial charge in [0.1, 0.15) is 11.6 Å². The van der Waals surface area contributed by atoms with Gasteiger partial charge < -0.3 is 4.57 Å². The second kappa shape index (κ2) is 5.12. The van der Waals surface area contributed by atoms with Gasteiger partial charge in [0, 0.05) is 24.4 Å². The number of ketones is 1. The topological polar surface area (TPSA) is 34.9 Å². The Hall–Kier alpha value is -1.97. The zero-order valence-electron chi connectivity index (χ0n) is 10.5. The number of aromatic nitrogens is 2. The third-order valence-electron chi connectivity index (χ3n) is 2.80. The van der Waals surface area contributed by atoms with Crippen molar-refractivity contribution in [1.29, 1.82) is 0 Å². The smallest absolute Gasteiger partial charge is 0.162 e. The lowest BCUT2D eigenvalue weighted by Crippen LogP contribution is -2.08. The van der Waals surface area contributed by atoms with Crippen molar-refractivity contribution in [2.45, 2.75) is 26.7 Å². The Bertz CT molecular complexity index is 575. The van der Waals surface area contributed by atoms with Gasteiger partial charge in [0.2, 0.25) is 0 Å². The van der Waals surface area contributed by atoms with Crippen LogP contribution in [-0.2, 0) is 6.42 Å². The molecule has 1 aromatic heterocycles. The van der Waals surface area contributed by atoms with Gasteiger partial charge in [0.25, 0.3) is 0 Å². The molecule has 0 aliphatic carbocycles. The predicted octanol–water partition coefficient (Wildman–Crippen LogP) is 3.17. The number of Topliss-reactive ketones (excluding diaryl/α,β-unsaturated/α-hetero) is 1. The van der Waals surface area contributed by atoms with Crippen LogP contribution in [0, 0.1) is 5.82 Å². The average Bonchev–Trinajstić information content (AvgIpc) is 2.77. The van der Waals surface area contributed by atoms with Gasteiger partial charge in [-0.25, -0.2) is 9.37 Å². The highest BCUT2D eigenvalue weighted by Gasteiger charge is 2.16. The van der Waals surface area contributed by atoms with E-state index in [1.807, 2.05) is 6.92 Å². The molecule has 2 rings (SSSR count). The molecule has 0 saturated heterocycles. The second-order valence-electron chi connectivity index (χ2n) is 4.16. The molecule has 0 bridgehead atoms. The number of carbonyl (C=O) groups excluding carboxylic acids is 1. The molecule has 0 N–H and O–H groups in total. The normalized spacial score (nSPS) is 10.6. The summed E-state index contributed by atoms with van der Waals surface area (Å²) in [5.74, 6) is 0.212. The summed E-state index contributed by atoms with van der Waals surface area (Å²) < 4.78 is 15.7. The zero-order chi connectivity index (χ0) is 13.1. The number of benzene rings is 1. The molecule has 4 heteroatoms. The first kappa shape index (κ1) is 12.5. The van der Waals surface area contributed by atoms with Crippen LogP contribution in [0.3, 0.4) is 0 Å². The van der Waals surface area contributed by atoms with E-state index in [1.54, 1.807) is 29.1 Å². The first-order valence-corrected chi connectivity index (χ1v) is 5.97. The molecule has 0 fully saturated rings. The van der Waals surface area contributed by atoms with Crippen LogP contribution in [0.1, 0.15) is 36.5 Å². The largest absolute Gasteiger partial charge is 0.300 e. The molecule has 0 saturated carbocycles. The number of para-hydroxylation sites is 1. The highest BCUT2D eigenvalue weighted by atomic mass is 19.1. The molecular formula is C14H15FN2O. The van der Waals surface area contributed by atoms with Crippen LogP contribution in [0.2, 0.25) is 0 Å². The van der Waals surface area contributed by atoms with Gasteiger partial charge in [0.05, 0.1) is 5.69 Å². The van der Waals surface area contributed by atoms with Crippen LogP contribution < -0.4 is 0 Å². The number of hydrogen-bond acceptors (Lipinski definition) is 2. The lowest BCUT2D eigenvalue weighted by molar-refractivity contribution is 0.101. The maximum atomic E-state index is 14.0. The number of nitrogens with zero attached hydrogens (tertiary/aromatic N) is 2. The third kappa shape index (κ3) is 2.18. The van der Waals surface area contributed by atoms with E-state index in [-0.39, 0.29) is 5.78 Å². The Labute approximate surface area is 105 Å². The minimum absolute atomic E-state index is 0.152. The Kier molecular flexibility index (Phi) is 3.55. The number of hydrogen-bond donors (Lipinski definition) is 0. The van der Waals surface area contributed by atoms with Crippen molar-refractivity contribution in [2.24, 2.45) is 0 Å². The summed E-state index contributed by atoms with van der Waals surface area (Å²) in [6, 6.07) is 4.54. The summed E-state index contributed by atoms with van der Waals surface area (Å²) in [7, 11) is 0. The molecular weight excluding hydrogens is 231 g/mol. The van der Waals surface area contributed by atoms with Crippen molar-refractivity contribution < 1.29 is 9.18 Å². The van der Waals surface area contributed by atoms with E-state index in [2.05, 4.69) is 4.98 Å². The van der Waals surface area contributed by atoms with Crippen molar-refractivity contribution in [3.8, 4) is 5.69 Å². The minimum atomic E-state index is -0.405. The molecule has 0 atom stereocenters. The molecule has 1 aromatic carbocycles. The third-order valence-corrected chi connectivity index (χ3v) is 2.80. The molecule has 0 aliphatic rings. The van der Waals surface area contributed by atoms with Gasteiger partial charge in [-0.2, -0.15) is 0 Å². The van der Waals surface area contributed by atoms with Gasteiger partial charge in [-0.1, -0.05) is 13.0 Å². The highest BCUT2D eigenvalue weighted by molar-refractivity contribution is 5.97. The number of carbonyl (C=O) groups is 1. The van der Waals surface area contributed by atoms with E-state index in [0.29, 0.717) is 11.3 Å². The van der Waals surface area contributed by atoms with Crippen LogP contribution in [0.25, 0.3) is 5.69 Å². The van der Waals surface area contributed by atoms with Crippen molar-refractivity contribution in [1.82, 2.24) is 9.55 Å². The Morgan fingerprint density at radius 3 is 2.89 bits per heavy atom. The van der Waals surface area contributed by atoms with E-state index >= 15 is 0 Å². The molecule has 0 spiro atoms. The average molecular weight is 246 g/mol.